The molecule has 0 aliphatic carbocycles. The lowest BCUT2D eigenvalue weighted by molar-refractivity contribution is 0.0746. The molecule has 2 N–H and O–H groups in total. The van der Waals surface area contributed by atoms with Gasteiger partial charge in [0, 0.05) is 31.6 Å². The molecule has 2 aromatic heterocycles. The lowest BCUT2D eigenvalue weighted by atomic mass is 10.1. The Bertz CT molecular complexity index is 678. The topological polar surface area (TPSA) is 64.2 Å². The number of hydrogen-bond acceptors (Lipinski definition) is 4. The number of likely N-dealkylation sites (tertiary alicyclic amines) is 1. The molecule has 122 valence electrons. The summed E-state index contributed by atoms with van der Waals surface area (Å²) < 4.78 is 1.89. The Morgan fingerprint density at radius 2 is 2.27 bits per heavy atom. The average Bonchev–Trinajstić information content (AvgIpc) is 3.13. The number of carbonyl (C=O) groups excluding carboxylic acids is 1. The van der Waals surface area contributed by atoms with Crippen LogP contribution in [0.4, 0.5) is 0 Å². The minimum Gasteiger partial charge on any atom is -0.334 e. The van der Waals surface area contributed by atoms with Gasteiger partial charge in [-0.05, 0) is 24.8 Å². The highest BCUT2D eigenvalue weighted by Gasteiger charge is 2.30. The summed E-state index contributed by atoms with van der Waals surface area (Å²) in [6.07, 6.45) is 2.07. The van der Waals surface area contributed by atoms with Crippen molar-refractivity contribution >= 4 is 39.9 Å². The summed E-state index contributed by atoms with van der Waals surface area (Å²) in [4.78, 5) is 16.5. The van der Waals surface area contributed by atoms with Gasteiger partial charge in [0.25, 0.3) is 5.91 Å². The SMILES string of the molecule is CC(C)c1nn(C)c2sc(C(=O)N3CCCC3CN)cc12.Cl. The van der Waals surface area contributed by atoms with Gasteiger partial charge in [-0.25, -0.2) is 0 Å². The molecule has 0 bridgehead atoms. The van der Waals surface area contributed by atoms with Crippen molar-refractivity contribution in [2.24, 2.45) is 12.8 Å². The number of nitrogens with two attached hydrogens (primary N) is 1. The molecular weight excluding hydrogens is 320 g/mol. The molecule has 3 rings (SSSR count). The third-order valence-corrected chi connectivity index (χ3v) is 5.40. The summed E-state index contributed by atoms with van der Waals surface area (Å²) in [5, 5.41) is 5.68. The van der Waals surface area contributed by atoms with Crippen LogP contribution in [0.15, 0.2) is 6.07 Å². The molecule has 22 heavy (non-hydrogen) atoms. The van der Waals surface area contributed by atoms with Crippen LogP contribution >= 0.6 is 23.7 Å². The summed E-state index contributed by atoms with van der Waals surface area (Å²) in [5.41, 5.74) is 6.85. The number of thiophene rings is 1. The molecular formula is C15H23ClN4OS. The summed E-state index contributed by atoms with van der Waals surface area (Å²) >= 11 is 1.54. The average molecular weight is 343 g/mol. The number of carbonyl (C=O) groups is 1. The third kappa shape index (κ3) is 2.75. The van der Waals surface area contributed by atoms with Crippen LogP contribution in [0, 0.1) is 0 Å². The zero-order chi connectivity index (χ0) is 15.1. The lowest BCUT2D eigenvalue weighted by Crippen LogP contribution is -2.39. The van der Waals surface area contributed by atoms with Crippen molar-refractivity contribution < 1.29 is 4.79 Å². The maximum absolute atomic E-state index is 12.7. The van der Waals surface area contributed by atoms with Crippen molar-refractivity contribution in [2.45, 2.75) is 38.6 Å². The molecule has 1 unspecified atom stereocenters. The zero-order valence-corrected chi connectivity index (χ0v) is 14.8. The molecule has 1 atom stereocenters. The quantitative estimate of drug-likeness (QED) is 0.932. The van der Waals surface area contributed by atoms with Gasteiger partial charge in [-0.2, -0.15) is 5.10 Å². The van der Waals surface area contributed by atoms with Gasteiger partial charge in [-0.3, -0.25) is 9.48 Å². The van der Waals surface area contributed by atoms with Crippen molar-refractivity contribution in [1.29, 1.82) is 0 Å². The van der Waals surface area contributed by atoms with Crippen LogP contribution in [0.25, 0.3) is 10.2 Å². The Kier molecular flexibility index (Phi) is 5.14. The normalized spacial score (nSPS) is 18.2. The monoisotopic (exact) mass is 342 g/mol. The van der Waals surface area contributed by atoms with E-state index in [0.717, 1.165) is 40.2 Å². The van der Waals surface area contributed by atoms with Crippen molar-refractivity contribution in [1.82, 2.24) is 14.7 Å². The van der Waals surface area contributed by atoms with E-state index in [1.165, 1.54) is 11.3 Å². The number of hydrogen-bond donors (Lipinski definition) is 1. The van der Waals surface area contributed by atoms with Crippen LogP contribution in [0.3, 0.4) is 0 Å². The second-order valence-electron chi connectivity index (χ2n) is 6.02. The van der Waals surface area contributed by atoms with E-state index in [1.54, 1.807) is 0 Å². The minimum absolute atomic E-state index is 0. The minimum atomic E-state index is 0. The third-order valence-electron chi connectivity index (χ3n) is 4.21. The van der Waals surface area contributed by atoms with Crippen LogP contribution in [0.5, 0.6) is 0 Å². The molecule has 0 aromatic carbocycles. The summed E-state index contributed by atoms with van der Waals surface area (Å²) in [5.74, 6) is 0.480. The number of aromatic nitrogens is 2. The highest BCUT2D eigenvalue weighted by atomic mass is 35.5. The fourth-order valence-electron chi connectivity index (χ4n) is 3.09. The molecule has 1 amide bonds. The molecule has 1 saturated heterocycles. The van der Waals surface area contributed by atoms with Gasteiger partial charge >= 0.3 is 0 Å². The van der Waals surface area contributed by atoms with Crippen LogP contribution < -0.4 is 5.73 Å². The summed E-state index contributed by atoms with van der Waals surface area (Å²) in [6.45, 7) is 5.64. The Hall–Kier alpha value is -1.11. The number of rotatable bonds is 3. The number of aryl methyl sites for hydroxylation is 1. The van der Waals surface area contributed by atoms with Gasteiger partial charge in [0.2, 0.25) is 0 Å². The fraction of sp³-hybridized carbons (Fsp3) is 0.600. The highest BCUT2D eigenvalue weighted by Crippen LogP contribution is 2.33. The first-order chi connectivity index (χ1) is 10.0. The Morgan fingerprint density at radius 3 is 2.91 bits per heavy atom. The smallest absolute Gasteiger partial charge is 0.264 e. The van der Waals surface area contributed by atoms with E-state index >= 15 is 0 Å². The van der Waals surface area contributed by atoms with Crippen LogP contribution in [-0.4, -0.2) is 39.7 Å². The predicted molar refractivity (Wildman–Crippen MR) is 93.0 cm³/mol. The van der Waals surface area contributed by atoms with Crippen LogP contribution in [0.1, 0.15) is 48.0 Å². The van der Waals surface area contributed by atoms with Crippen molar-refractivity contribution in [2.75, 3.05) is 13.1 Å². The second-order valence-corrected chi connectivity index (χ2v) is 7.05. The van der Waals surface area contributed by atoms with Gasteiger partial charge in [0.05, 0.1) is 10.6 Å². The summed E-state index contributed by atoms with van der Waals surface area (Å²) in [7, 11) is 1.94. The molecule has 5 nitrogen and oxygen atoms in total. The van der Waals surface area contributed by atoms with E-state index < -0.39 is 0 Å². The first kappa shape index (κ1) is 17.2. The first-order valence-corrected chi connectivity index (χ1v) is 8.32. The number of amides is 1. The summed E-state index contributed by atoms with van der Waals surface area (Å²) in [6, 6.07) is 2.21. The van der Waals surface area contributed by atoms with Crippen LogP contribution in [-0.2, 0) is 7.05 Å². The predicted octanol–water partition coefficient (Wildman–Crippen LogP) is 2.74. The van der Waals surface area contributed by atoms with Crippen molar-refractivity contribution in [3.8, 4) is 0 Å². The zero-order valence-electron chi connectivity index (χ0n) is 13.2. The molecule has 2 aromatic rings. The van der Waals surface area contributed by atoms with E-state index in [9.17, 15) is 4.79 Å². The van der Waals surface area contributed by atoms with E-state index in [0.29, 0.717) is 12.5 Å². The molecule has 0 saturated carbocycles. The number of fused-ring (bicyclic) bond motifs is 1. The number of nitrogens with zero attached hydrogens (tertiary/aromatic N) is 3. The standard InChI is InChI=1S/C15H22N4OS.ClH/c1-9(2)13-11-7-12(21-15(11)18(3)17-13)14(20)19-6-4-5-10(19)8-16;/h7,9-10H,4-6,8,16H2,1-3H3;1H. The second kappa shape index (κ2) is 6.56. The Morgan fingerprint density at radius 1 is 1.55 bits per heavy atom. The molecule has 1 aliphatic rings. The maximum atomic E-state index is 12.7. The molecule has 0 spiro atoms. The largest absolute Gasteiger partial charge is 0.334 e. The van der Waals surface area contributed by atoms with Gasteiger partial charge in [-0.1, -0.05) is 13.8 Å². The van der Waals surface area contributed by atoms with E-state index in [2.05, 4.69) is 18.9 Å². The van der Waals surface area contributed by atoms with Crippen molar-refractivity contribution in [3.63, 3.8) is 0 Å². The maximum Gasteiger partial charge on any atom is 0.264 e. The molecule has 1 fully saturated rings. The van der Waals surface area contributed by atoms with E-state index in [4.69, 9.17) is 5.73 Å². The molecule has 3 heterocycles. The molecule has 7 heteroatoms. The van der Waals surface area contributed by atoms with Gasteiger partial charge < -0.3 is 10.6 Å². The van der Waals surface area contributed by atoms with Gasteiger partial charge in [0.15, 0.2) is 0 Å². The molecule has 1 aliphatic heterocycles. The highest BCUT2D eigenvalue weighted by molar-refractivity contribution is 7.20. The molecule has 0 radical (unpaired) electrons. The first-order valence-electron chi connectivity index (χ1n) is 7.50. The van der Waals surface area contributed by atoms with Gasteiger partial charge in [0.1, 0.15) is 4.83 Å². The van der Waals surface area contributed by atoms with E-state index in [1.807, 2.05) is 22.7 Å². The van der Waals surface area contributed by atoms with Gasteiger partial charge in [-0.15, -0.1) is 23.7 Å². The number of halogens is 1. The Balaban J connectivity index is 0.00000176. The fourth-order valence-corrected chi connectivity index (χ4v) is 4.12. The Labute approximate surface area is 140 Å². The van der Waals surface area contributed by atoms with E-state index in [-0.39, 0.29) is 24.4 Å². The lowest BCUT2D eigenvalue weighted by Gasteiger charge is -2.22. The van der Waals surface area contributed by atoms with Crippen molar-refractivity contribution in [3.05, 3.63) is 16.6 Å². The van der Waals surface area contributed by atoms with Crippen LogP contribution in [0.2, 0.25) is 0 Å².